The van der Waals surface area contributed by atoms with Crippen LogP contribution in [0.1, 0.15) is 28.9 Å². The molecule has 19 heavy (non-hydrogen) atoms. The van der Waals surface area contributed by atoms with Crippen molar-refractivity contribution in [3.63, 3.8) is 0 Å². The summed E-state index contributed by atoms with van der Waals surface area (Å²) in [6, 6.07) is 5.68. The van der Waals surface area contributed by atoms with Crippen LogP contribution in [-0.2, 0) is 18.6 Å². The maximum absolute atomic E-state index is 11.0. The molecule has 2 heterocycles. The molecule has 6 heteroatoms. The van der Waals surface area contributed by atoms with Crippen molar-refractivity contribution in [1.82, 2.24) is 15.2 Å². The van der Waals surface area contributed by atoms with Gasteiger partial charge in [-0.1, -0.05) is 11.8 Å². The Labute approximate surface area is 114 Å². The Balaban J connectivity index is 1.84. The van der Waals surface area contributed by atoms with E-state index in [4.69, 9.17) is 0 Å². The number of fused-ring (bicyclic) bond motifs is 1. The SMILES string of the molecule is N#Cc1cc2c(nc1SCc1cc(=O)[nH][nH]1)CCC2. The van der Waals surface area contributed by atoms with E-state index in [1.165, 1.54) is 23.4 Å². The van der Waals surface area contributed by atoms with E-state index in [1.54, 1.807) is 0 Å². The highest BCUT2D eigenvalue weighted by atomic mass is 32.2. The molecule has 0 bridgehead atoms. The molecule has 0 fully saturated rings. The predicted molar refractivity (Wildman–Crippen MR) is 72.0 cm³/mol. The largest absolute Gasteiger partial charge is 0.301 e. The molecule has 0 aliphatic heterocycles. The lowest BCUT2D eigenvalue weighted by Gasteiger charge is -2.05. The van der Waals surface area contributed by atoms with Gasteiger partial charge in [0, 0.05) is 23.2 Å². The molecule has 0 saturated carbocycles. The Kier molecular flexibility index (Phi) is 3.13. The summed E-state index contributed by atoms with van der Waals surface area (Å²) in [7, 11) is 0. The van der Waals surface area contributed by atoms with Gasteiger partial charge in [0.25, 0.3) is 5.56 Å². The van der Waals surface area contributed by atoms with Crippen LogP contribution >= 0.6 is 11.8 Å². The number of pyridine rings is 1. The molecular weight excluding hydrogens is 260 g/mol. The third-order valence-corrected chi connectivity index (χ3v) is 4.19. The maximum Gasteiger partial charge on any atom is 0.264 e. The first kappa shape index (κ1) is 12.1. The van der Waals surface area contributed by atoms with E-state index in [0.717, 1.165) is 35.7 Å². The average molecular weight is 272 g/mol. The number of aryl methyl sites for hydroxylation is 2. The van der Waals surface area contributed by atoms with Crippen LogP contribution in [-0.4, -0.2) is 15.2 Å². The Bertz CT molecular complexity index is 710. The van der Waals surface area contributed by atoms with E-state index in [2.05, 4.69) is 21.3 Å². The van der Waals surface area contributed by atoms with Crippen molar-refractivity contribution in [2.75, 3.05) is 0 Å². The van der Waals surface area contributed by atoms with Crippen molar-refractivity contribution in [2.45, 2.75) is 30.0 Å². The number of hydrogen-bond donors (Lipinski definition) is 2. The fraction of sp³-hybridized carbons (Fsp3) is 0.308. The standard InChI is InChI=1S/C13H12N4OS/c14-6-9-4-8-2-1-3-11(8)15-13(9)19-7-10-5-12(18)17-16-10/h4-5H,1-3,7H2,(H2,16,17,18). The molecule has 2 aromatic rings. The van der Waals surface area contributed by atoms with Crippen LogP contribution in [0, 0.1) is 11.3 Å². The molecule has 96 valence electrons. The van der Waals surface area contributed by atoms with Gasteiger partial charge in [0.2, 0.25) is 0 Å². The van der Waals surface area contributed by atoms with E-state index < -0.39 is 0 Å². The van der Waals surface area contributed by atoms with Crippen LogP contribution in [0.15, 0.2) is 22.0 Å². The van der Waals surface area contributed by atoms with Crippen molar-refractivity contribution < 1.29 is 0 Å². The monoisotopic (exact) mass is 272 g/mol. The van der Waals surface area contributed by atoms with Gasteiger partial charge in [0.1, 0.15) is 11.1 Å². The van der Waals surface area contributed by atoms with Crippen LogP contribution < -0.4 is 5.56 Å². The average Bonchev–Trinajstić information content (AvgIpc) is 3.03. The summed E-state index contributed by atoms with van der Waals surface area (Å²) in [5.41, 5.74) is 3.61. The summed E-state index contributed by atoms with van der Waals surface area (Å²) < 4.78 is 0. The summed E-state index contributed by atoms with van der Waals surface area (Å²) in [5.74, 6) is 0.596. The highest BCUT2D eigenvalue weighted by Crippen LogP contribution is 2.29. The van der Waals surface area contributed by atoms with Crippen LogP contribution in [0.4, 0.5) is 0 Å². The molecule has 0 amide bonds. The number of rotatable bonds is 3. The lowest BCUT2D eigenvalue weighted by molar-refractivity contribution is 0.891. The Hall–Kier alpha value is -2.00. The molecule has 0 saturated heterocycles. The number of thioether (sulfide) groups is 1. The fourth-order valence-corrected chi connectivity index (χ4v) is 3.12. The van der Waals surface area contributed by atoms with Gasteiger partial charge in [-0.2, -0.15) is 5.26 Å². The fourth-order valence-electron chi connectivity index (χ4n) is 2.24. The Morgan fingerprint density at radius 2 is 2.26 bits per heavy atom. The van der Waals surface area contributed by atoms with Gasteiger partial charge < -0.3 is 5.10 Å². The number of nitrogens with zero attached hydrogens (tertiary/aromatic N) is 2. The van der Waals surface area contributed by atoms with Gasteiger partial charge in [-0.3, -0.25) is 9.89 Å². The molecule has 3 rings (SSSR count). The van der Waals surface area contributed by atoms with Gasteiger partial charge in [-0.25, -0.2) is 4.98 Å². The molecular formula is C13H12N4OS. The third kappa shape index (κ3) is 2.42. The number of aromatic nitrogens is 3. The van der Waals surface area contributed by atoms with Gasteiger partial charge in [0.05, 0.1) is 5.56 Å². The van der Waals surface area contributed by atoms with Crippen molar-refractivity contribution in [3.05, 3.63) is 45.0 Å². The molecule has 0 spiro atoms. The van der Waals surface area contributed by atoms with Gasteiger partial charge in [0.15, 0.2) is 0 Å². The topological polar surface area (TPSA) is 85.3 Å². The summed E-state index contributed by atoms with van der Waals surface area (Å²) >= 11 is 1.48. The molecule has 0 atom stereocenters. The van der Waals surface area contributed by atoms with Crippen LogP contribution in [0.3, 0.4) is 0 Å². The predicted octanol–water partition coefficient (Wildman–Crippen LogP) is 1.75. The van der Waals surface area contributed by atoms with E-state index in [1.807, 2.05) is 6.07 Å². The molecule has 0 aromatic carbocycles. The van der Waals surface area contributed by atoms with Crippen molar-refractivity contribution in [1.29, 1.82) is 5.26 Å². The second-order valence-corrected chi connectivity index (χ2v) is 5.45. The summed E-state index contributed by atoms with van der Waals surface area (Å²) in [6.07, 6.45) is 3.13. The number of aromatic amines is 2. The first-order chi connectivity index (χ1) is 9.26. The second kappa shape index (κ2) is 4.94. The first-order valence-corrected chi connectivity index (χ1v) is 7.07. The zero-order valence-corrected chi connectivity index (χ0v) is 11.0. The minimum absolute atomic E-state index is 0.141. The van der Waals surface area contributed by atoms with Crippen LogP contribution in [0.25, 0.3) is 0 Å². The second-order valence-electron chi connectivity index (χ2n) is 4.48. The van der Waals surface area contributed by atoms with E-state index in [-0.39, 0.29) is 5.56 Å². The molecule has 5 nitrogen and oxygen atoms in total. The lowest BCUT2D eigenvalue weighted by Crippen LogP contribution is -1.95. The molecule has 1 aliphatic carbocycles. The van der Waals surface area contributed by atoms with E-state index in [9.17, 15) is 10.1 Å². The molecule has 0 radical (unpaired) electrons. The highest BCUT2D eigenvalue weighted by molar-refractivity contribution is 7.98. The normalized spacial score (nSPS) is 13.2. The number of nitriles is 1. The first-order valence-electron chi connectivity index (χ1n) is 6.08. The summed E-state index contributed by atoms with van der Waals surface area (Å²) in [4.78, 5) is 15.6. The quantitative estimate of drug-likeness (QED) is 0.834. The molecule has 2 N–H and O–H groups in total. The number of hydrogen-bond acceptors (Lipinski definition) is 4. The van der Waals surface area contributed by atoms with Crippen molar-refractivity contribution in [3.8, 4) is 6.07 Å². The van der Waals surface area contributed by atoms with Gasteiger partial charge >= 0.3 is 0 Å². The minimum atomic E-state index is -0.141. The summed E-state index contributed by atoms with van der Waals surface area (Å²) in [6.45, 7) is 0. The Morgan fingerprint density at radius 3 is 3.00 bits per heavy atom. The van der Waals surface area contributed by atoms with E-state index >= 15 is 0 Å². The van der Waals surface area contributed by atoms with Crippen molar-refractivity contribution >= 4 is 11.8 Å². The highest BCUT2D eigenvalue weighted by Gasteiger charge is 2.16. The zero-order valence-electron chi connectivity index (χ0n) is 10.2. The van der Waals surface area contributed by atoms with E-state index in [0.29, 0.717) is 11.3 Å². The molecule has 2 aromatic heterocycles. The molecule has 1 aliphatic rings. The third-order valence-electron chi connectivity index (χ3n) is 3.15. The van der Waals surface area contributed by atoms with Crippen molar-refractivity contribution in [2.24, 2.45) is 0 Å². The van der Waals surface area contributed by atoms with Crippen LogP contribution in [0.5, 0.6) is 0 Å². The van der Waals surface area contributed by atoms with Gasteiger partial charge in [-0.05, 0) is 30.9 Å². The Morgan fingerprint density at radius 1 is 1.37 bits per heavy atom. The smallest absolute Gasteiger partial charge is 0.264 e. The molecule has 0 unspecified atom stereocenters. The maximum atomic E-state index is 11.0. The lowest BCUT2D eigenvalue weighted by atomic mass is 10.2. The zero-order chi connectivity index (χ0) is 13.2. The van der Waals surface area contributed by atoms with Crippen LogP contribution in [0.2, 0.25) is 0 Å². The number of nitrogens with one attached hydrogen (secondary N) is 2. The number of H-pyrrole nitrogens is 2. The van der Waals surface area contributed by atoms with Gasteiger partial charge in [-0.15, -0.1) is 0 Å². The summed E-state index contributed by atoms with van der Waals surface area (Å²) in [5, 5.41) is 15.2. The minimum Gasteiger partial charge on any atom is -0.301 e.